The van der Waals surface area contributed by atoms with Crippen LogP contribution in [0.2, 0.25) is 0 Å². The van der Waals surface area contributed by atoms with E-state index in [1.165, 1.54) is 12.1 Å². The van der Waals surface area contributed by atoms with Gasteiger partial charge in [-0.25, -0.2) is 8.96 Å². The molecule has 0 aromatic heterocycles. The second-order valence-corrected chi connectivity index (χ2v) is 8.49. The third-order valence-corrected chi connectivity index (χ3v) is 5.10. The van der Waals surface area contributed by atoms with Crippen LogP contribution in [0.4, 0.5) is 10.1 Å². The molecule has 0 amide bonds. The quantitative estimate of drug-likeness (QED) is 0.237. The van der Waals surface area contributed by atoms with Gasteiger partial charge in [0.25, 0.3) is 0 Å². The molecule has 4 N–H and O–H groups in total. The molecule has 0 saturated heterocycles. The van der Waals surface area contributed by atoms with E-state index in [2.05, 4.69) is 9.84 Å². The fourth-order valence-corrected chi connectivity index (χ4v) is 3.19. The Morgan fingerprint density at radius 3 is 2.45 bits per heavy atom. The molecule has 176 valence electrons. The zero-order valence-corrected chi connectivity index (χ0v) is 18.7. The largest absolute Gasteiger partial charge is 0.489 e. The molecule has 3 rings (SSSR count). The molecule has 0 radical (unpaired) electrons. The molecule has 0 heterocycles. The van der Waals surface area contributed by atoms with E-state index >= 15 is 0 Å². The average Bonchev–Trinajstić information content (AvgIpc) is 2.77. The molecule has 0 fully saturated rings. The van der Waals surface area contributed by atoms with Crippen LogP contribution in [0.3, 0.4) is 0 Å². The summed E-state index contributed by atoms with van der Waals surface area (Å²) in [7, 11) is -4.67. The number of aliphatic hydroxyl groups is 1. The van der Waals surface area contributed by atoms with Gasteiger partial charge in [0.05, 0.1) is 0 Å². The van der Waals surface area contributed by atoms with Crippen LogP contribution >= 0.6 is 7.82 Å². The Labute approximate surface area is 190 Å². The van der Waals surface area contributed by atoms with Crippen LogP contribution < -0.4 is 10.1 Å². The molecule has 10 heteroatoms. The van der Waals surface area contributed by atoms with Crippen molar-refractivity contribution in [2.45, 2.75) is 26.4 Å². The van der Waals surface area contributed by atoms with Gasteiger partial charge >= 0.3 is 7.82 Å². The number of anilines is 1. The number of phosphoric acid groups is 1. The summed E-state index contributed by atoms with van der Waals surface area (Å²) in [6.07, 6.45) is -1.40. The number of benzene rings is 3. The fraction of sp³-hybridized carbons (Fsp3) is 0.217. The molecule has 0 saturated carbocycles. The van der Waals surface area contributed by atoms with Crippen molar-refractivity contribution in [1.29, 1.82) is 0 Å². The lowest BCUT2D eigenvalue weighted by Gasteiger charge is -2.15. The van der Waals surface area contributed by atoms with E-state index in [-0.39, 0.29) is 5.82 Å². The average molecular weight is 477 g/mol. The molecule has 33 heavy (non-hydrogen) atoms. The van der Waals surface area contributed by atoms with Gasteiger partial charge in [0.15, 0.2) is 13.1 Å². The van der Waals surface area contributed by atoms with Gasteiger partial charge in [-0.1, -0.05) is 36.4 Å². The van der Waals surface area contributed by atoms with E-state index in [0.717, 1.165) is 28.1 Å². The van der Waals surface area contributed by atoms with Crippen molar-refractivity contribution in [3.05, 3.63) is 94.8 Å². The van der Waals surface area contributed by atoms with Crippen LogP contribution in [0.5, 0.6) is 5.75 Å². The first kappa shape index (κ1) is 24.9. The summed E-state index contributed by atoms with van der Waals surface area (Å²) in [6, 6.07) is 18.8. The minimum absolute atomic E-state index is 0.284. The number of rotatable bonds is 11. The van der Waals surface area contributed by atoms with Crippen molar-refractivity contribution in [2.24, 2.45) is 0 Å². The van der Waals surface area contributed by atoms with Gasteiger partial charge in [0, 0.05) is 17.8 Å². The highest BCUT2D eigenvalue weighted by Crippen LogP contribution is 2.36. The second-order valence-electron chi connectivity index (χ2n) is 7.25. The number of phosphoric ester groups is 1. The van der Waals surface area contributed by atoms with Crippen LogP contribution in [-0.2, 0) is 27.0 Å². The maximum absolute atomic E-state index is 13.0. The zero-order chi connectivity index (χ0) is 23.8. The first-order valence-corrected chi connectivity index (χ1v) is 11.5. The minimum Gasteiger partial charge on any atom is -0.489 e. The van der Waals surface area contributed by atoms with Crippen molar-refractivity contribution >= 4 is 13.5 Å². The van der Waals surface area contributed by atoms with E-state index < -0.39 is 20.9 Å². The molecule has 0 aliphatic heterocycles. The third kappa shape index (κ3) is 8.25. The predicted molar refractivity (Wildman–Crippen MR) is 120 cm³/mol. The maximum atomic E-state index is 13.0. The first-order valence-electron chi connectivity index (χ1n) is 10.00. The first-order chi connectivity index (χ1) is 15.7. The molecule has 1 unspecified atom stereocenters. The van der Waals surface area contributed by atoms with Gasteiger partial charge in [-0.3, -0.25) is 4.52 Å². The van der Waals surface area contributed by atoms with Gasteiger partial charge < -0.3 is 29.7 Å². The molecule has 0 bridgehead atoms. The Balaban J connectivity index is 1.53. The minimum atomic E-state index is -4.67. The smallest absolute Gasteiger partial charge is 0.471 e. The maximum Gasteiger partial charge on any atom is 0.471 e. The molecule has 3 aromatic rings. The Morgan fingerprint density at radius 1 is 1.03 bits per heavy atom. The zero-order valence-electron chi connectivity index (χ0n) is 17.8. The number of halogens is 1. The Kier molecular flexibility index (Phi) is 8.57. The van der Waals surface area contributed by atoms with Gasteiger partial charge in [0.2, 0.25) is 0 Å². The van der Waals surface area contributed by atoms with Gasteiger partial charge in [0.1, 0.15) is 18.2 Å². The lowest BCUT2D eigenvalue weighted by atomic mass is 10.1. The summed E-state index contributed by atoms with van der Waals surface area (Å²) in [6.45, 7) is 2.05. The second kappa shape index (κ2) is 11.4. The highest BCUT2D eigenvalue weighted by atomic mass is 31.2. The molecular formula is C23H25FNO7P. The number of aryl methyl sites for hydroxylation is 1. The lowest BCUT2D eigenvalue weighted by molar-refractivity contribution is -0.150. The summed E-state index contributed by atoms with van der Waals surface area (Å²) >= 11 is 0. The normalized spacial score (nSPS) is 12.4. The highest BCUT2D eigenvalue weighted by Gasteiger charge is 2.16. The van der Waals surface area contributed by atoms with E-state index in [9.17, 15) is 14.1 Å². The molecule has 3 aromatic carbocycles. The number of aliphatic hydroxyl groups excluding tert-OH is 1. The number of hydrogen-bond donors (Lipinski definition) is 4. The predicted octanol–water partition coefficient (Wildman–Crippen LogP) is 4.40. The standard InChI is InChI=1S/C23H25FNO7P/c1-16-11-18(7-10-22(16)30-14-17-5-8-20(24)9-6-17)13-25-21-4-2-3-19(12-21)23(26)31-15-32-33(27,28)29/h2-12,23,25-26H,13-15H2,1H3,(H2,27,28,29). The van der Waals surface area contributed by atoms with Crippen molar-refractivity contribution in [2.75, 3.05) is 12.1 Å². The van der Waals surface area contributed by atoms with E-state index in [1.54, 1.807) is 30.3 Å². The van der Waals surface area contributed by atoms with Crippen LogP contribution in [-0.4, -0.2) is 21.7 Å². The summed E-state index contributed by atoms with van der Waals surface area (Å²) in [5.41, 5.74) is 3.97. The number of nitrogens with one attached hydrogen (secondary N) is 1. The summed E-state index contributed by atoms with van der Waals surface area (Å²) in [5, 5.41) is 13.3. The molecule has 0 aliphatic rings. The van der Waals surface area contributed by atoms with Crippen LogP contribution in [0, 0.1) is 12.7 Å². The molecular weight excluding hydrogens is 452 g/mol. The Morgan fingerprint density at radius 2 is 1.76 bits per heavy atom. The van der Waals surface area contributed by atoms with Gasteiger partial charge in [-0.05, 0) is 53.9 Å². The fourth-order valence-electron chi connectivity index (χ4n) is 2.99. The number of hydrogen-bond acceptors (Lipinski definition) is 6. The summed E-state index contributed by atoms with van der Waals surface area (Å²) in [4.78, 5) is 17.3. The molecule has 0 aliphatic carbocycles. The van der Waals surface area contributed by atoms with Crippen molar-refractivity contribution in [3.8, 4) is 5.75 Å². The van der Waals surface area contributed by atoms with Gasteiger partial charge in [-0.15, -0.1) is 0 Å². The van der Waals surface area contributed by atoms with E-state index in [1.807, 2.05) is 31.2 Å². The lowest BCUT2D eigenvalue weighted by Crippen LogP contribution is -2.07. The highest BCUT2D eigenvalue weighted by molar-refractivity contribution is 7.46. The topological polar surface area (TPSA) is 117 Å². The monoisotopic (exact) mass is 477 g/mol. The number of ether oxygens (including phenoxy) is 2. The third-order valence-electron chi connectivity index (χ3n) is 4.66. The SMILES string of the molecule is Cc1cc(CNc2cccc(C(O)OCOP(=O)(O)O)c2)ccc1OCc1ccc(F)cc1. The van der Waals surface area contributed by atoms with Crippen molar-refractivity contribution < 1.29 is 37.8 Å². The van der Waals surface area contributed by atoms with E-state index in [4.69, 9.17) is 19.3 Å². The van der Waals surface area contributed by atoms with Gasteiger partial charge in [-0.2, -0.15) is 0 Å². The Hall–Kier alpha value is -2.78. The van der Waals surface area contributed by atoms with E-state index in [0.29, 0.717) is 18.7 Å². The van der Waals surface area contributed by atoms with Crippen LogP contribution in [0.1, 0.15) is 28.5 Å². The molecule has 0 spiro atoms. The van der Waals surface area contributed by atoms with Crippen molar-refractivity contribution in [3.63, 3.8) is 0 Å². The van der Waals surface area contributed by atoms with Crippen LogP contribution in [0.15, 0.2) is 66.7 Å². The molecule has 1 atom stereocenters. The molecule has 8 nitrogen and oxygen atoms in total. The summed E-state index contributed by atoms with van der Waals surface area (Å²) < 4.78 is 38.6. The Bertz CT molecular complexity index is 1100. The van der Waals surface area contributed by atoms with Crippen molar-refractivity contribution in [1.82, 2.24) is 0 Å². The van der Waals surface area contributed by atoms with Crippen LogP contribution in [0.25, 0.3) is 0 Å². The summed E-state index contributed by atoms with van der Waals surface area (Å²) in [5.74, 6) is 0.455.